The van der Waals surface area contributed by atoms with Crippen LogP contribution in [0.4, 0.5) is 10.2 Å². The van der Waals surface area contributed by atoms with Gasteiger partial charge in [0.2, 0.25) is 5.82 Å². The Kier molecular flexibility index (Phi) is 4.80. The Labute approximate surface area is 135 Å². The summed E-state index contributed by atoms with van der Waals surface area (Å²) in [5.41, 5.74) is 1.09. The van der Waals surface area contributed by atoms with E-state index in [2.05, 4.69) is 36.7 Å². The molecule has 2 aromatic rings. The molecule has 2 N–H and O–H groups in total. The molecule has 2 rings (SSSR count). The molecule has 0 radical (unpaired) electrons. The van der Waals surface area contributed by atoms with Crippen molar-refractivity contribution in [3.8, 4) is 0 Å². The van der Waals surface area contributed by atoms with E-state index in [0.29, 0.717) is 16.0 Å². The summed E-state index contributed by atoms with van der Waals surface area (Å²) in [5, 5.41) is 23.2. The molecule has 22 heavy (non-hydrogen) atoms. The van der Waals surface area contributed by atoms with Crippen LogP contribution in [0.1, 0.15) is 32.0 Å². The minimum absolute atomic E-state index is 0.252. The summed E-state index contributed by atoms with van der Waals surface area (Å²) in [6, 6.07) is 4.56. The molecule has 1 aromatic carbocycles. The lowest BCUT2D eigenvalue weighted by molar-refractivity contribution is 0.304. The summed E-state index contributed by atoms with van der Waals surface area (Å²) < 4.78 is 18.3. The summed E-state index contributed by atoms with van der Waals surface area (Å²) >= 11 is 3.12. The predicted molar refractivity (Wildman–Crippen MR) is 83.8 cm³/mol. The van der Waals surface area contributed by atoms with Crippen molar-refractivity contribution >= 4 is 27.5 Å². The van der Waals surface area contributed by atoms with Crippen molar-refractivity contribution in [1.29, 1.82) is 0 Å². The Morgan fingerprint density at radius 3 is 2.73 bits per heavy atom. The van der Waals surface area contributed by atoms with Gasteiger partial charge in [-0.3, -0.25) is 0 Å². The predicted octanol–water partition coefficient (Wildman–Crippen LogP) is 3.60. The number of halogens is 2. The first-order valence-electron chi connectivity index (χ1n) is 6.56. The van der Waals surface area contributed by atoms with Crippen molar-refractivity contribution in [1.82, 2.24) is 10.3 Å². The summed E-state index contributed by atoms with van der Waals surface area (Å²) in [6.45, 7) is 5.87. The maximum atomic E-state index is 13.3. The van der Waals surface area contributed by atoms with Gasteiger partial charge in [0, 0.05) is 12.0 Å². The number of nitrogens with one attached hydrogen (secondary N) is 1. The molecule has 0 bridgehead atoms. The number of anilines is 1. The van der Waals surface area contributed by atoms with Gasteiger partial charge in [0.05, 0.1) is 4.47 Å². The molecule has 0 aliphatic carbocycles. The van der Waals surface area contributed by atoms with Crippen LogP contribution in [0.2, 0.25) is 0 Å². The van der Waals surface area contributed by atoms with E-state index < -0.39 is 0 Å². The number of hydrogen-bond donors (Lipinski definition) is 2. The highest BCUT2D eigenvalue weighted by atomic mass is 79.9. The summed E-state index contributed by atoms with van der Waals surface area (Å²) in [5.74, 6) is 0.0332. The molecule has 0 spiro atoms. The van der Waals surface area contributed by atoms with E-state index in [1.54, 1.807) is 12.1 Å². The molecule has 8 heteroatoms. The monoisotopic (exact) mass is 370 g/mol. The quantitative estimate of drug-likeness (QED) is 0.487. The summed E-state index contributed by atoms with van der Waals surface area (Å²) in [7, 11) is 0. The molecule has 1 aromatic heterocycles. The van der Waals surface area contributed by atoms with Crippen LogP contribution in [0.15, 0.2) is 32.5 Å². The number of hydrogen-bond acceptors (Lipinski definition) is 6. The van der Waals surface area contributed by atoms with E-state index in [0.717, 1.165) is 5.56 Å². The molecule has 0 atom stereocenters. The molecule has 0 aliphatic heterocycles. The van der Waals surface area contributed by atoms with Crippen molar-refractivity contribution in [3.63, 3.8) is 0 Å². The number of aromatic nitrogens is 2. The smallest absolute Gasteiger partial charge is 0.200 e. The van der Waals surface area contributed by atoms with Gasteiger partial charge >= 0.3 is 0 Å². The van der Waals surface area contributed by atoms with Gasteiger partial charge in [0.1, 0.15) is 11.5 Å². The third-order valence-corrected chi connectivity index (χ3v) is 3.34. The zero-order valence-corrected chi connectivity index (χ0v) is 14.0. The van der Waals surface area contributed by atoms with Crippen molar-refractivity contribution in [2.45, 2.75) is 32.7 Å². The van der Waals surface area contributed by atoms with Crippen LogP contribution in [0.25, 0.3) is 0 Å². The van der Waals surface area contributed by atoms with Crippen molar-refractivity contribution in [2.75, 3.05) is 5.32 Å². The van der Waals surface area contributed by atoms with Gasteiger partial charge in [0.25, 0.3) is 0 Å². The van der Waals surface area contributed by atoms with Crippen LogP contribution in [0.5, 0.6) is 0 Å². The van der Waals surface area contributed by atoms with E-state index >= 15 is 0 Å². The van der Waals surface area contributed by atoms with Gasteiger partial charge in [-0.05, 0) is 64.7 Å². The maximum absolute atomic E-state index is 13.3. The highest BCUT2D eigenvalue weighted by Crippen LogP contribution is 2.21. The van der Waals surface area contributed by atoms with Crippen LogP contribution in [-0.4, -0.2) is 26.8 Å². The lowest BCUT2D eigenvalue weighted by Crippen LogP contribution is -2.27. The first kappa shape index (κ1) is 16.4. The van der Waals surface area contributed by atoms with E-state index in [1.165, 1.54) is 6.07 Å². The maximum Gasteiger partial charge on any atom is 0.200 e. The Morgan fingerprint density at radius 1 is 1.41 bits per heavy atom. The minimum atomic E-state index is -0.357. The largest absolute Gasteiger partial charge is 0.411 e. The van der Waals surface area contributed by atoms with Crippen molar-refractivity contribution < 1.29 is 14.2 Å². The Morgan fingerprint density at radius 2 is 2.14 bits per heavy atom. The standard InChI is InChI=1S/C14H16BrFN4O2/c1-14(2,3)17-13-12(19-22-20-13)11(18-21)7-8-4-5-10(16)9(15)6-8/h4-6,21H,7H2,1-3H3,(H,17,20)/b18-11+. The lowest BCUT2D eigenvalue weighted by atomic mass is 10.1. The zero-order valence-electron chi connectivity index (χ0n) is 12.4. The molecule has 0 fully saturated rings. The third kappa shape index (κ3) is 4.03. The van der Waals surface area contributed by atoms with E-state index in [-0.39, 0.29) is 23.5 Å². The molecule has 0 saturated carbocycles. The summed E-state index contributed by atoms with van der Waals surface area (Å²) in [6.07, 6.45) is 0.252. The van der Waals surface area contributed by atoms with Gasteiger partial charge in [-0.1, -0.05) is 11.2 Å². The molecular weight excluding hydrogens is 355 g/mol. The molecule has 0 amide bonds. The Hall–Kier alpha value is -1.96. The average molecular weight is 371 g/mol. The Bertz CT molecular complexity index is 694. The normalized spacial score (nSPS) is 12.5. The number of benzene rings is 1. The molecule has 118 valence electrons. The number of nitrogens with zero attached hydrogens (tertiary/aromatic N) is 3. The van der Waals surface area contributed by atoms with Crippen LogP contribution < -0.4 is 5.32 Å². The number of oxime groups is 1. The van der Waals surface area contributed by atoms with Crippen LogP contribution >= 0.6 is 15.9 Å². The van der Waals surface area contributed by atoms with Crippen LogP contribution in [0.3, 0.4) is 0 Å². The van der Waals surface area contributed by atoms with Gasteiger partial charge < -0.3 is 10.5 Å². The first-order chi connectivity index (χ1) is 10.3. The van der Waals surface area contributed by atoms with Crippen molar-refractivity contribution in [3.05, 3.63) is 39.7 Å². The average Bonchev–Trinajstić information content (AvgIpc) is 2.86. The number of rotatable bonds is 4. The van der Waals surface area contributed by atoms with Crippen LogP contribution in [0, 0.1) is 5.82 Å². The molecule has 6 nitrogen and oxygen atoms in total. The van der Waals surface area contributed by atoms with E-state index in [9.17, 15) is 9.60 Å². The fraction of sp³-hybridized carbons (Fsp3) is 0.357. The highest BCUT2D eigenvalue weighted by Gasteiger charge is 2.21. The molecule has 0 unspecified atom stereocenters. The molecule has 0 saturated heterocycles. The highest BCUT2D eigenvalue weighted by molar-refractivity contribution is 9.10. The van der Waals surface area contributed by atoms with Gasteiger partial charge in [-0.15, -0.1) is 0 Å². The van der Waals surface area contributed by atoms with Crippen LogP contribution in [-0.2, 0) is 6.42 Å². The fourth-order valence-corrected chi connectivity index (χ4v) is 2.25. The Balaban J connectivity index is 2.26. The lowest BCUT2D eigenvalue weighted by Gasteiger charge is -2.20. The fourth-order valence-electron chi connectivity index (χ4n) is 1.82. The topological polar surface area (TPSA) is 83.5 Å². The second-order valence-corrected chi connectivity index (χ2v) is 6.66. The second-order valence-electron chi connectivity index (χ2n) is 5.81. The molecular formula is C14H16BrFN4O2. The molecule has 1 heterocycles. The zero-order chi connectivity index (χ0) is 16.3. The van der Waals surface area contributed by atoms with Gasteiger partial charge in [-0.2, -0.15) is 0 Å². The SMILES string of the molecule is CC(C)(C)Nc1nonc1/C(Cc1ccc(F)c(Br)c1)=N/O. The van der Waals surface area contributed by atoms with Crippen molar-refractivity contribution in [2.24, 2.45) is 5.16 Å². The first-order valence-corrected chi connectivity index (χ1v) is 7.35. The minimum Gasteiger partial charge on any atom is -0.411 e. The molecule has 0 aliphatic rings. The third-order valence-electron chi connectivity index (χ3n) is 2.73. The van der Waals surface area contributed by atoms with E-state index in [4.69, 9.17) is 4.63 Å². The second kappa shape index (κ2) is 6.43. The van der Waals surface area contributed by atoms with Gasteiger partial charge in [0.15, 0.2) is 5.69 Å². The summed E-state index contributed by atoms with van der Waals surface area (Å²) in [4.78, 5) is 0. The van der Waals surface area contributed by atoms with Gasteiger partial charge in [-0.25, -0.2) is 9.02 Å². The van der Waals surface area contributed by atoms with E-state index in [1.807, 2.05) is 20.8 Å².